The van der Waals surface area contributed by atoms with Crippen molar-refractivity contribution in [1.29, 1.82) is 0 Å². The molecule has 0 bridgehead atoms. The van der Waals surface area contributed by atoms with E-state index in [1.807, 2.05) is 18.2 Å². The van der Waals surface area contributed by atoms with E-state index in [1.165, 1.54) is 353 Å². The van der Waals surface area contributed by atoms with Gasteiger partial charge in [0, 0.05) is 19.9 Å². The van der Waals surface area contributed by atoms with Gasteiger partial charge in [0.2, 0.25) is 0 Å². The lowest BCUT2D eigenvalue weighted by Gasteiger charge is -2.30. The van der Waals surface area contributed by atoms with Crippen LogP contribution >= 0.6 is 0 Å². The molecule has 0 saturated heterocycles. The fourth-order valence-electron chi connectivity index (χ4n) is 11.3. The van der Waals surface area contributed by atoms with E-state index in [-0.39, 0.29) is 40.7 Å². The van der Waals surface area contributed by atoms with E-state index in [0.29, 0.717) is 19.9 Å². The third kappa shape index (κ3) is 134. The van der Waals surface area contributed by atoms with Gasteiger partial charge in [0.1, 0.15) is 0 Å². The van der Waals surface area contributed by atoms with Crippen molar-refractivity contribution in [3.63, 3.8) is 0 Å². The maximum Gasteiger partial charge on any atom is 0.0517 e. The minimum absolute atomic E-state index is 0. The number of nitrogens with zero attached hydrogens (tertiary/aromatic N) is 2. The minimum Gasteiger partial charge on any atom is -0.412 e. The van der Waals surface area contributed by atoms with E-state index in [2.05, 4.69) is 121 Å². The third-order valence-electron chi connectivity index (χ3n) is 17.6. The number of hydrogen-bond acceptors (Lipinski definition) is 6. The van der Waals surface area contributed by atoms with Crippen LogP contribution in [0.5, 0.6) is 0 Å². The smallest absolute Gasteiger partial charge is 0.0517 e. The van der Waals surface area contributed by atoms with Crippen LogP contribution in [-0.4, -0.2) is 83.8 Å². The van der Waals surface area contributed by atoms with Crippen LogP contribution in [0.25, 0.3) is 0 Å². The Morgan fingerprint density at radius 3 is 0.939 bits per heavy atom. The Balaban J connectivity index is -0.0000000942. The maximum absolute atomic E-state index is 8.54. The molecule has 0 unspecified atom stereocenters. The molecule has 0 fully saturated rings. The van der Waals surface area contributed by atoms with Crippen LogP contribution < -0.4 is 11.1 Å². The first-order valence-corrected chi connectivity index (χ1v) is 41.3. The highest BCUT2D eigenvalue weighted by atomic mass is 16.3. The number of aliphatic hydroxyl groups excluding tert-OH is 2. The van der Waals surface area contributed by atoms with Crippen molar-refractivity contribution in [1.82, 2.24) is 15.1 Å². The third-order valence-corrected chi connectivity index (χ3v) is 17.6. The molecule has 98 heavy (non-hydrogen) atoms. The van der Waals surface area contributed by atoms with Crippen molar-refractivity contribution in [2.24, 2.45) is 11.7 Å². The summed E-state index contributed by atoms with van der Waals surface area (Å²) < 4.78 is 0. The Morgan fingerprint density at radius 1 is 0.347 bits per heavy atom. The van der Waals surface area contributed by atoms with Crippen LogP contribution in [-0.2, 0) is 0 Å². The zero-order valence-electron chi connectivity index (χ0n) is 66.1. The molecule has 0 amide bonds. The number of unbranched alkanes of at least 4 members (excludes halogenated alkanes) is 45. The van der Waals surface area contributed by atoms with Gasteiger partial charge >= 0.3 is 0 Å². The molecule has 0 radical (unpaired) electrons. The monoisotopic (exact) mass is 1400 g/mol. The summed E-state index contributed by atoms with van der Waals surface area (Å²) in [5, 5.41) is 20.2. The van der Waals surface area contributed by atoms with Gasteiger partial charge in [0.15, 0.2) is 0 Å². The lowest BCUT2D eigenvalue weighted by Crippen LogP contribution is -2.44. The van der Waals surface area contributed by atoms with Crippen LogP contribution in [0.2, 0.25) is 0 Å². The first-order valence-electron chi connectivity index (χ1n) is 41.3. The number of nitrogens with one attached hydrogen (secondary N) is 1. The second-order valence-electron chi connectivity index (χ2n) is 26.9. The predicted octanol–water partition coefficient (Wildman–Crippen LogP) is 28.7. The van der Waals surface area contributed by atoms with E-state index in [0.717, 1.165) is 58.0 Å². The number of aliphatic hydroxyl groups is 2. The highest BCUT2D eigenvalue weighted by molar-refractivity contribution is 4.82. The summed E-state index contributed by atoms with van der Waals surface area (Å²) in [6, 6.07) is 0. The van der Waals surface area contributed by atoms with Gasteiger partial charge in [0.05, 0.1) is 13.3 Å². The van der Waals surface area contributed by atoms with E-state index >= 15 is 0 Å². The summed E-state index contributed by atoms with van der Waals surface area (Å²) in [4.78, 5) is 5.01. The van der Waals surface area contributed by atoms with E-state index in [4.69, 9.17) is 15.9 Å². The Morgan fingerprint density at radius 2 is 0.612 bits per heavy atom. The van der Waals surface area contributed by atoms with Crippen LogP contribution in [0, 0.1) is 5.92 Å². The molecule has 0 heterocycles. The Hall–Kier alpha value is -1.80. The highest BCUT2D eigenvalue weighted by Crippen LogP contribution is 2.24. The zero-order valence-corrected chi connectivity index (χ0v) is 66.1. The molecule has 8 nitrogen and oxygen atoms in total. The number of rotatable bonds is 68. The van der Waals surface area contributed by atoms with Crippen molar-refractivity contribution in [3.8, 4) is 0 Å². The second kappa shape index (κ2) is 128. The van der Waals surface area contributed by atoms with Gasteiger partial charge in [0.25, 0.3) is 0 Å². The van der Waals surface area contributed by atoms with Gasteiger partial charge in [-0.2, -0.15) is 0 Å². The number of nitrogens with two attached hydrogens (primary N) is 1. The molecule has 9 N–H and O–H groups in total. The molecule has 0 aliphatic rings. The molecule has 8 heteroatoms. The fourth-order valence-corrected chi connectivity index (χ4v) is 11.3. The first-order chi connectivity index (χ1) is 45.3. The molecule has 0 rings (SSSR count). The standard InChI is InChI=1S/C24H48.C22H42N4.C13H26.C11H24O.C9H20O.C7H16.4CH4.2H2O/c1-4-7-10-11-12-13-14-15-16-17-20-23-24(21-18-8-5-2)22-19-9-6-3;1-4-7-9-11-12-13-15-17-19-26(18-16-14-10-8-5-2)22-25(6-3)21-24-20-23;1-3-5-7-9-11-13-12-10-8-6-4-2;1-2-3-4-5-6-7-8-9-10-11-12;1-2-3-4-5-6-7-8-9-10;1-3-5-7-6-4-2;;;;;;/h15-16,24H,4-14,17-23H2,1-3H3;7-8,24H,1-2,6,9-23H2,3H3;3H,1,4-13H2,2H3;12H,2-11H2,1H3;10H,2-9H2,1H3;3-7H2,1-2H3;4*1H4;2*1H2. The van der Waals surface area contributed by atoms with Gasteiger partial charge in [-0.1, -0.05) is 406 Å². The van der Waals surface area contributed by atoms with Crippen LogP contribution in [0.3, 0.4) is 0 Å². The minimum atomic E-state index is 0. The molecule has 0 aromatic heterocycles. The Labute approximate surface area is 623 Å². The second-order valence-corrected chi connectivity index (χ2v) is 26.9. The lowest BCUT2D eigenvalue weighted by molar-refractivity contribution is 0.124. The molecule has 0 atom stereocenters. The molecule has 600 valence electrons. The van der Waals surface area contributed by atoms with Crippen molar-refractivity contribution in [2.75, 3.05) is 52.9 Å². The summed E-state index contributed by atoms with van der Waals surface area (Å²) in [5.41, 5.74) is 11.3. The summed E-state index contributed by atoms with van der Waals surface area (Å²) in [6.45, 7) is 37.9. The van der Waals surface area contributed by atoms with E-state index in [1.54, 1.807) is 0 Å². The topological polar surface area (TPSA) is 148 Å². The van der Waals surface area contributed by atoms with Gasteiger partial charge in [-0.3, -0.25) is 15.1 Å². The highest BCUT2D eigenvalue weighted by Gasteiger charge is 2.11. The van der Waals surface area contributed by atoms with Gasteiger partial charge in [-0.15, -0.1) is 18.0 Å². The predicted molar refractivity (Wildman–Crippen MR) is 458 cm³/mol. The average molecular weight is 1400 g/mol. The number of allylic oxidation sites excluding steroid dienone is 5. The zero-order chi connectivity index (χ0) is 69.1. The van der Waals surface area contributed by atoms with Crippen molar-refractivity contribution in [2.45, 2.75) is 464 Å². The molecule has 0 aliphatic heterocycles. The van der Waals surface area contributed by atoms with Crippen LogP contribution in [0.15, 0.2) is 61.6 Å². The number of hydrogen-bond donors (Lipinski definition) is 4. The summed E-state index contributed by atoms with van der Waals surface area (Å²) >= 11 is 0. The molecule has 0 aromatic rings. The average Bonchev–Trinajstić information content (AvgIpc) is 2.69. The molecule has 0 aromatic carbocycles. The van der Waals surface area contributed by atoms with Gasteiger partial charge < -0.3 is 26.9 Å². The van der Waals surface area contributed by atoms with Crippen molar-refractivity contribution >= 4 is 0 Å². The Bertz CT molecular complexity index is 1320. The van der Waals surface area contributed by atoms with Crippen LogP contribution in [0.4, 0.5) is 0 Å². The van der Waals surface area contributed by atoms with Crippen LogP contribution in [0.1, 0.15) is 464 Å². The van der Waals surface area contributed by atoms with Crippen molar-refractivity contribution in [3.05, 3.63) is 61.6 Å². The summed E-state index contributed by atoms with van der Waals surface area (Å²) in [7, 11) is 0. The molecule has 0 aliphatic carbocycles. The van der Waals surface area contributed by atoms with E-state index in [9.17, 15) is 0 Å². The fraction of sp³-hybridized carbons (Fsp3) is 0.889. The normalized spacial score (nSPS) is 10.1. The SMILES string of the molecule is C.C.C.C.C=C=CCCCCCCCN(CCCCC=C=C)CN(CC)CNCN.C=CCCCCCCCCCCC.CCCCCCC.CCCCCCCCC=CCCCC(CCCCC)CCCCC.CCCCCCCCCCCO.CCCCCCCCCO.O.O. The molecular weight excluding hydrogens is 1200 g/mol. The molecule has 0 saturated carbocycles. The first kappa shape index (κ1) is 123. The van der Waals surface area contributed by atoms with E-state index < -0.39 is 0 Å². The Kier molecular flexibility index (Phi) is 161. The molecular formula is C90H196N4O4. The quantitative estimate of drug-likeness (QED) is 0.0206. The summed E-state index contributed by atoms with van der Waals surface area (Å²) in [5.74, 6) is 1.01. The van der Waals surface area contributed by atoms with Gasteiger partial charge in [-0.05, 0) is 128 Å². The molecule has 0 spiro atoms. The lowest BCUT2D eigenvalue weighted by atomic mass is 9.90. The van der Waals surface area contributed by atoms with Gasteiger partial charge in [-0.25, -0.2) is 0 Å². The summed E-state index contributed by atoms with van der Waals surface area (Å²) in [6.07, 6.45) is 89.4. The maximum atomic E-state index is 8.54. The van der Waals surface area contributed by atoms with Crippen molar-refractivity contribution < 1.29 is 21.2 Å². The largest absolute Gasteiger partial charge is 0.412 e.